The van der Waals surface area contributed by atoms with E-state index in [0.717, 1.165) is 0 Å². The molecular weight excluding hydrogens is 420 g/mol. The Morgan fingerprint density at radius 3 is 1.94 bits per heavy atom. The fourth-order valence-electron chi connectivity index (χ4n) is 2.22. The van der Waals surface area contributed by atoms with Gasteiger partial charge in [-0.2, -0.15) is 0 Å². The molecule has 1 aromatic heterocycles. The van der Waals surface area contributed by atoms with E-state index < -0.39 is 17.6 Å². The van der Waals surface area contributed by atoms with Crippen LogP contribution in [0.15, 0.2) is 18.2 Å². The Balaban J connectivity index is 1.82. The second kappa shape index (κ2) is 16.2. The average Bonchev–Trinajstić information content (AvgIpc) is 2.72. The van der Waals surface area contributed by atoms with Crippen LogP contribution in [0.1, 0.15) is 31.3 Å². The molecule has 32 heavy (non-hydrogen) atoms. The molecule has 0 spiro atoms. The standard InChI is InChI=1S/C21H36N4O7/c1-21(2,3)32-20(27)24-8-10-29-12-14-31-16-15-30-13-11-28-9-7-23-18-6-4-5-17(25-18)19(22)26/h4-6H,7-16H2,1-3H3,(H2,22,26)(H,23,25)(H,24,27). The van der Waals surface area contributed by atoms with Gasteiger partial charge in [0.1, 0.15) is 17.1 Å². The Kier molecular flexibility index (Phi) is 14.0. The summed E-state index contributed by atoms with van der Waals surface area (Å²) in [6.07, 6.45) is -0.457. The Morgan fingerprint density at radius 1 is 0.875 bits per heavy atom. The summed E-state index contributed by atoms with van der Waals surface area (Å²) in [6.45, 7) is 9.95. The molecule has 0 aromatic carbocycles. The first-order valence-electron chi connectivity index (χ1n) is 10.6. The van der Waals surface area contributed by atoms with Crippen LogP contribution >= 0.6 is 0 Å². The smallest absolute Gasteiger partial charge is 0.407 e. The van der Waals surface area contributed by atoms with Gasteiger partial charge in [0.25, 0.3) is 5.91 Å². The van der Waals surface area contributed by atoms with Gasteiger partial charge in [-0.1, -0.05) is 6.07 Å². The first kappa shape index (κ1) is 27.6. The van der Waals surface area contributed by atoms with E-state index in [4.69, 9.17) is 29.4 Å². The number of ether oxygens (including phenoxy) is 5. The number of amides is 2. The molecule has 0 unspecified atom stereocenters. The second-order valence-corrected chi connectivity index (χ2v) is 7.58. The molecule has 0 aliphatic heterocycles. The van der Waals surface area contributed by atoms with Gasteiger partial charge in [-0.25, -0.2) is 9.78 Å². The van der Waals surface area contributed by atoms with Crippen molar-refractivity contribution in [1.82, 2.24) is 10.3 Å². The molecule has 0 aliphatic carbocycles. The van der Waals surface area contributed by atoms with Crippen molar-refractivity contribution in [3.05, 3.63) is 23.9 Å². The molecular formula is C21H36N4O7. The van der Waals surface area contributed by atoms with Crippen molar-refractivity contribution in [1.29, 1.82) is 0 Å². The average molecular weight is 457 g/mol. The lowest BCUT2D eigenvalue weighted by Gasteiger charge is -2.19. The number of carbonyl (C=O) groups is 2. The summed E-state index contributed by atoms with van der Waals surface area (Å²) in [7, 11) is 0. The molecule has 1 aromatic rings. The van der Waals surface area contributed by atoms with Crippen LogP contribution in [0.2, 0.25) is 0 Å². The first-order chi connectivity index (χ1) is 15.3. The van der Waals surface area contributed by atoms with Crippen LogP contribution in [0.5, 0.6) is 0 Å². The van der Waals surface area contributed by atoms with Crippen molar-refractivity contribution in [2.75, 3.05) is 71.3 Å². The number of alkyl carbamates (subject to hydrolysis) is 1. The van der Waals surface area contributed by atoms with Gasteiger partial charge in [0.05, 0.1) is 52.9 Å². The number of carbonyl (C=O) groups excluding carboxylic acids is 2. The number of aromatic nitrogens is 1. The zero-order chi connectivity index (χ0) is 23.7. The highest BCUT2D eigenvalue weighted by molar-refractivity contribution is 5.91. The third kappa shape index (κ3) is 15.3. The van der Waals surface area contributed by atoms with Gasteiger partial charge < -0.3 is 40.1 Å². The monoisotopic (exact) mass is 456 g/mol. The normalized spacial score (nSPS) is 11.2. The van der Waals surface area contributed by atoms with Gasteiger partial charge in [0.2, 0.25) is 0 Å². The quantitative estimate of drug-likeness (QED) is 0.294. The van der Waals surface area contributed by atoms with Gasteiger partial charge in [-0.3, -0.25) is 4.79 Å². The van der Waals surface area contributed by atoms with Crippen LogP contribution < -0.4 is 16.4 Å². The summed E-state index contributed by atoms with van der Waals surface area (Å²) in [5.74, 6) is 0.00716. The molecule has 0 saturated heterocycles. The van der Waals surface area contributed by atoms with Crippen LogP contribution in [0.3, 0.4) is 0 Å². The van der Waals surface area contributed by atoms with Crippen LogP contribution in [-0.4, -0.2) is 88.5 Å². The molecule has 0 fully saturated rings. The molecule has 0 atom stereocenters. The lowest BCUT2D eigenvalue weighted by atomic mass is 10.2. The number of hydrogen-bond acceptors (Lipinski definition) is 9. The van der Waals surface area contributed by atoms with Crippen LogP contribution in [-0.2, 0) is 23.7 Å². The molecule has 1 heterocycles. The number of pyridine rings is 1. The zero-order valence-corrected chi connectivity index (χ0v) is 19.2. The van der Waals surface area contributed by atoms with Crippen molar-refractivity contribution < 1.29 is 33.3 Å². The van der Waals surface area contributed by atoms with E-state index >= 15 is 0 Å². The van der Waals surface area contributed by atoms with Gasteiger partial charge in [0.15, 0.2) is 0 Å². The van der Waals surface area contributed by atoms with E-state index in [9.17, 15) is 9.59 Å². The summed E-state index contributed by atoms with van der Waals surface area (Å²) < 4.78 is 26.7. The number of rotatable bonds is 17. The highest BCUT2D eigenvalue weighted by Crippen LogP contribution is 2.06. The topological polar surface area (TPSA) is 143 Å². The van der Waals surface area contributed by atoms with Gasteiger partial charge >= 0.3 is 6.09 Å². The summed E-state index contributed by atoms with van der Waals surface area (Å²) in [4.78, 5) is 26.6. The molecule has 2 amide bonds. The molecule has 0 saturated carbocycles. The fourth-order valence-corrected chi connectivity index (χ4v) is 2.22. The maximum Gasteiger partial charge on any atom is 0.407 e. The van der Waals surface area contributed by atoms with Crippen molar-refractivity contribution >= 4 is 17.8 Å². The van der Waals surface area contributed by atoms with E-state index in [1.54, 1.807) is 18.2 Å². The lowest BCUT2D eigenvalue weighted by molar-refractivity contribution is -0.000797. The van der Waals surface area contributed by atoms with E-state index in [-0.39, 0.29) is 5.69 Å². The number of nitrogens with zero attached hydrogens (tertiary/aromatic N) is 1. The number of nitrogens with one attached hydrogen (secondary N) is 2. The number of hydrogen-bond donors (Lipinski definition) is 3. The highest BCUT2D eigenvalue weighted by Gasteiger charge is 2.15. The maximum atomic E-state index is 11.4. The second-order valence-electron chi connectivity index (χ2n) is 7.58. The van der Waals surface area contributed by atoms with E-state index in [1.165, 1.54) is 0 Å². The molecule has 11 nitrogen and oxygen atoms in total. The minimum Gasteiger partial charge on any atom is -0.444 e. The number of anilines is 1. The first-order valence-corrected chi connectivity index (χ1v) is 10.6. The Morgan fingerprint density at radius 2 is 1.41 bits per heavy atom. The molecule has 0 bridgehead atoms. The Hall–Kier alpha value is -2.47. The summed E-state index contributed by atoms with van der Waals surface area (Å²) >= 11 is 0. The SMILES string of the molecule is CC(C)(C)OC(=O)NCCOCCOCCOCCOCCNc1cccc(C(N)=O)n1. The zero-order valence-electron chi connectivity index (χ0n) is 19.2. The maximum absolute atomic E-state index is 11.4. The third-order valence-corrected chi connectivity index (χ3v) is 3.58. The highest BCUT2D eigenvalue weighted by atomic mass is 16.6. The molecule has 0 radical (unpaired) electrons. The van der Waals surface area contributed by atoms with Gasteiger partial charge in [-0.05, 0) is 32.9 Å². The largest absolute Gasteiger partial charge is 0.444 e. The van der Waals surface area contributed by atoms with E-state index in [0.29, 0.717) is 71.8 Å². The van der Waals surface area contributed by atoms with Crippen molar-refractivity contribution in [3.63, 3.8) is 0 Å². The molecule has 182 valence electrons. The van der Waals surface area contributed by atoms with Crippen molar-refractivity contribution in [2.45, 2.75) is 26.4 Å². The minimum absolute atomic E-state index is 0.216. The predicted octanol–water partition coefficient (Wildman–Crippen LogP) is 1.18. The molecule has 0 aliphatic rings. The molecule has 11 heteroatoms. The predicted molar refractivity (Wildman–Crippen MR) is 119 cm³/mol. The lowest BCUT2D eigenvalue weighted by Crippen LogP contribution is -2.34. The number of nitrogens with two attached hydrogens (primary N) is 1. The van der Waals surface area contributed by atoms with Crippen LogP contribution in [0, 0.1) is 0 Å². The van der Waals surface area contributed by atoms with Crippen LogP contribution in [0.4, 0.5) is 10.6 Å². The van der Waals surface area contributed by atoms with Crippen LogP contribution in [0.25, 0.3) is 0 Å². The molecule has 1 rings (SSSR count). The minimum atomic E-state index is -0.564. The summed E-state index contributed by atoms with van der Waals surface area (Å²) in [5, 5.41) is 5.67. The fraction of sp³-hybridized carbons (Fsp3) is 0.667. The molecule has 4 N–H and O–H groups in total. The third-order valence-electron chi connectivity index (χ3n) is 3.58. The summed E-state index contributed by atoms with van der Waals surface area (Å²) in [6, 6.07) is 5.02. The van der Waals surface area contributed by atoms with E-state index in [1.807, 2.05) is 20.8 Å². The van der Waals surface area contributed by atoms with Gasteiger partial charge in [-0.15, -0.1) is 0 Å². The summed E-state index contributed by atoms with van der Waals surface area (Å²) in [5.41, 5.74) is 4.90. The van der Waals surface area contributed by atoms with Crippen molar-refractivity contribution in [2.24, 2.45) is 5.73 Å². The van der Waals surface area contributed by atoms with E-state index in [2.05, 4.69) is 15.6 Å². The number of primary amides is 1. The van der Waals surface area contributed by atoms with Gasteiger partial charge in [0, 0.05) is 13.1 Å². The Labute approximate surface area is 189 Å². The van der Waals surface area contributed by atoms with Crippen molar-refractivity contribution in [3.8, 4) is 0 Å². The Bertz CT molecular complexity index is 668.